The van der Waals surface area contributed by atoms with Gasteiger partial charge in [0, 0.05) is 30.8 Å². The summed E-state index contributed by atoms with van der Waals surface area (Å²) >= 11 is 0. The number of halogens is 3. The van der Waals surface area contributed by atoms with Crippen molar-refractivity contribution < 1.29 is 18.0 Å². The summed E-state index contributed by atoms with van der Waals surface area (Å²) in [4.78, 5) is 16.9. The fourth-order valence-electron chi connectivity index (χ4n) is 3.50. The Balaban J connectivity index is 1.86. The van der Waals surface area contributed by atoms with E-state index in [0.717, 1.165) is 18.2 Å². The average Bonchev–Trinajstić information content (AvgIpc) is 3.16. The van der Waals surface area contributed by atoms with Gasteiger partial charge in [-0.1, -0.05) is 0 Å². The van der Waals surface area contributed by atoms with Gasteiger partial charge in [-0.05, 0) is 24.3 Å². The Morgan fingerprint density at radius 2 is 2.08 bits per heavy atom. The zero-order chi connectivity index (χ0) is 18.4. The number of aldehydes is 1. The summed E-state index contributed by atoms with van der Waals surface area (Å²) < 4.78 is 43.6. The lowest BCUT2D eigenvalue weighted by Gasteiger charge is -2.25. The molecule has 2 atom stereocenters. The van der Waals surface area contributed by atoms with Gasteiger partial charge < -0.3 is 4.90 Å². The molecule has 5 nitrogen and oxygen atoms in total. The van der Waals surface area contributed by atoms with Crippen LogP contribution in [0, 0.1) is 11.6 Å². The third-order valence-electron chi connectivity index (χ3n) is 4.66. The predicted octanol–water partition coefficient (Wildman–Crippen LogP) is 3.35. The van der Waals surface area contributed by atoms with Crippen molar-refractivity contribution >= 4 is 23.1 Å². The maximum Gasteiger partial charge on any atom is 0.160 e. The lowest BCUT2D eigenvalue weighted by molar-refractivity contribution is 0.112. The molecule has 0 aliphatic carbocycles. The number of anilines is 1. The van der Waals surface area contributed by atoms with Gasteiger partial charge in [-0.3, -0.25) is 4.79 Å². The number of nitrogens with zero attached hydrogens (tertiary/aromatic N) is 4. The van der Waals surface area contributed by atoms with Crippen LogP contribution in [-0.2, 0) is 7.05 Å². The molecule has 8 heteroatoms. The number of hydrogen-bond donors (Lipinski definition) is 0. The maximum atomic E-state index is 14.3. The molecule has 1 aliphatic heterocycles. The SMILES string of the molecule is Cn1nc(N2C[C@@H](F)C[C@@H]2c2cc(F)ccc2F)c2cc(C=O)cnc21. The summed E-state index contributed by atoms with van der Waals surface area (Å²) in [5, 5.41) is 4.95. The highest BCUT2D eigenvalue weighted by Gasteiger charge is 2.37. The van der Waals surface area contributed by atoms with E-state index >= 15 is 0 Å². The molecule has 3 aromatic rings. The van der Waals surface area contributed by atoms with Crippen LogP contribution in [-0.4, -0.2) is 33.8 Å². The van der Waals surface area contributed by atoms with Crippen molar-refractivity contribution in [3.05, 3.63) is 53.2 Å². The maximum absolute atomic E-state index is 14.3. The monoisotopic (exact) mass is 360 g/mol. The molecule has 0 amide bonds. The van der Waals surface area contributed by atoms with E-state index in [1.54, 1.807) is 18.0 Å². The van der Waals surface area contributed by atoms with E-state index in [1.165, 1.54) is 10.9 Å². The van der Waals surface area contributed by atoms with E-state index in [0.29, 0.717) is 28.7 Å². The smallest absolute Gasteiger partial charge is 0.160 e. The third kappa shape index (κ3) is 2.61. The Kier molecular flexibility index (Phi) is 3.90. The third-order valence-corrected chi connectivity index (χ3v) is 4.66. The molecule has 0 radical (unpaired) electrons. The summed E-state index contributed by atoms with van der Waals surface area (Å²) in [6, 6.07) is 4.07. The second kappa shape index (κ2) is 6.12. The van der Waals surface area contributed by atoms with Crippen LogP contribution in [0.2, 0.25) is 0 Å². The van der Waals surface area contributed by atoms with Crippen LogP contribution in [0.1, 0.15) is 28.4 Å². The molecule has 1 saturated heterocycles. The van der Waals surface area contributed by atoms with E-state index < -0.39 is 23.8 Å². The summed E-state index contributed by atoms with van der Waals surface area (Å²) in [6.07, 6.45) is 0.905. The zero-order valence-corrected chi connectivity index (χ0v) is 13.9. The molecule has 0 unspecified atom stereocenters. The van der Waals surface area contributed by atoms with Gasteiger partial charge in [0.1, 0.15) is 17.8 Å². The number of pyridine rings is 1. The van der Waals surface area contributed by atoms with Crippen LogP contribution < -0.4 is 4.90 Å². The second-order valence-corrected chi connectivity index (χ2v) is 6.37. The van der Waals surface area contributed by atoms with Gasteiger partial charge in [0.15, 0.2) is 17.8 Å². The van der Waals surface area contributed by atoms with Gasteiger partial charge in [-0.2, -0.15) is 5.10 Å². The van der Waals surface area contributed by atoms with Crippen molar-refractivity contribution in [1.29, 1.82) is 0 Å². The fraction of sp³-hybridized carbons (Fsp3) is 0.278. The first kappa shape index (κ1) is 16.6. The molecule has 2 aromatic heterocycles. The van der Waals surface area contributed by atoms with Gasteiger partial charge in [-0.25, -0.2) is 22.8 Å². The number of rotatable bonds is 3. The van der Waals surface area contributed by atoms with Crippen molar-refractivity contribution in [2.24, 2.45) is 7.05 Å². The molecule has 0 N–H and O–H groups in total. The molecule has 3 heterocycles. The summed E-state index contributed by atoms with van der Waals surface area (Å²) in [6.45, 7) is -0.00193. The van der Waals surface area contributed by atoms with Crippen LogP contribution >= 0.6 is 0 Å². The molecule has 0 spiro atoms. The lowest BCUT2D eigenvalue weighted by atomic mass is 10.0. The van der Waals surface area contributed by atoms with E-state index in [2.05, 4.69) is 10.1 Å². The van der Waals surface area contributed by atoms with E-state index in [4.69, 9.17) is 0 Å². The Morgan fingerprint density at radius 3 is 2.85 bits per heavy atom. The van der Waals surface area contributed by atoms with E-state index in [9.17, 15) is 18.0 Å². The summed E-state index contributed by atoms with van der Waals surface area (Å²) in [7, 11) is 1.68. The topological polar surface area (TPSA) is 51.0 Å². The standard InChI is InChI=1S/C18H15F3N4O/c1-24-17-14(4-10(9-26)7-22-17)18(23-24)25-8-12(20)6-16(25)13-5-11(19)2-3-15(13)21/h2-5,7,9,12,16H,6,8H2,1H3/t12-,16+/m0/s1. The van der Waals surface area contributed by atoms with Crippen molar-refractivity contribution in [2.75, 3.05) is 11.4 Å². The molecule has 0 saturated carbocycles. The highest BCUT2D eigenvalue weighted by Crippen LogP contribution is 2.40. The average molecular weight is 360 g/mol. The first-order valence-electron chi connectivity index (χ1n) is 8.11. The Labute approximate surface area is 147 Å². The van der Waals surface area contributed by atoms with Gasteiger partial charge in [0.2, 0.25) is 0 Å². The number of aromatic nitrogens is 3. The largest absolute Gasteiger partial charge is 0.344 e. The minimum atomic E-state index is -1.21. The molecular formula is C18H15F3N4O. The van der Waals surface area contributed by atoms with Crippen LogP contribution in [0.3, 0.4) is 0 Å². The highest BCUT2D eigenvalue weighted by molar-refractivity contribution is 5.92. The van der Waals surface area contributed by atoms with Crippen molar-refractivity contribution in [3.63, 3.8) is 0 Å². The van der Waals surface area contributed by atoms with Crippen LogP contribution in [0.5, 0.6) is 0 Å². The first-order chi connectivity index (χ1) is 12.5. The Bertz CT molecular complexity index is 1000. The molecule has 4 rings (SSSR count). The molecule has 1 aliphatic rings. The summed E-state index contributed by atoms with van der Waals surface area (Å²) in [5.41, 5.74) is 0.964. The first-order valence-corrected chi connectivity index (χ1v) is 8.11. The number of benzene rings is 1. The van der Waals surface area contributed by atoms with E-state index in [1.807, 2.05) is 0 Å². The molecule has 1 aromatic carbocycles. The minimum absolute atomic E-state index is 0.00193. The van der Waals surface area contributed by atoms with Crippen molar-refractivity contribution in [3.8, 4) is 0 Å². The quantitative estimate of drug-likeness (QED) is 0.672. The van der Waals surface area contributed by atoms with Gasteiger partial charge >= 0.3 is 0 Å². The molecule has 1 fully saturated rings. The van der Waals surface area contributed by atoms with Crippen LogP contribution in [0.15, 0.2) is 30.5 Å². The lowest BCUT2D eigenvalue weighted by Crippen LogP contribution is -2.25. The zero-order valence-electron chi connectivity index (χ0n) is 13.9. The van der Waals surface area contributed by atoms with Crippen molar-refractivity contribution in [2.45, 2.75) is 18.6 Å². The highest BCUT2D eigenvalue weighted by atomic mass is 19.1. The molecular weight excluding hydrogens is 345 g/mol. The number of carbonyl (C=O) groups excluding carboxylic acids is 1. The fourth-order valence-corrected chi connectivity index (χ4v) is 3.50. The van der Waals surface area contributed by atoms with Crippen molar-refractivity contribution in [1.82, 2.24) is 14.8 Å². The number of carbonyl (C=O) groups is 1. The Morgan fingerprint density at radius 1 is 1.27 bits per heavy atom. The second-order valence-electron chi connectivity index (χ2n) is 6.37. The van der Waals surface area contributed by atoms with Gasteiger partial charge in [0.25, 0.3) is 0 Å². The van der Waals surface area contributed by atoms with Gasteiger partial charge in [-0.15, -0.1) is 0 Å². The summed E-state index contributed by atoms with van der Waals surface area (Å²) in [5.74, 6) is -0.783. The number of alkyl halides is 1. The number of aryl methyl sites for hydroxylation is 1. The number of hydrogen-bond acceptors (Lipinski definition) is 4. The van der Waals surface area contributed by atoms with E-state index in [-0.39, 0.29) is 18.5 Å². The minimum Gasteiger partial charge on any atom is -0.344 e. The Hall–Kier alpha value is -2.90. The molecule has 134 valence electrons. The molecule has 0 bridgehead atoms. The van der Waals surface area contributed by atoms with Crippen LogP contribution in [0.4, 0.5) is 19.0 Å². The normalized spacial score (nSPS) is 20.1. The van der Waals surface area contributed by atoms with Crippen LogP contribution in [0.25, 0.3) is 11.0 Å². The molecule has 26 heavy (non-hydrogen) atoms. The number of fused-ring (bicyclic) bond motifs is 1. The predicted molar refractivity (Wildman–Crippen MR) is 89.9 cm³/mol. The van der Waals surface area contributed by atoms with Gasteiger partial charge in [0.05, 0.1) is 18.0 Å².